The number of phenols is 1. The summed E-state index contributed by atoms with van der Waals surface area (Å²) in [6, 6.07) is 16.0. The van der Waals surface area contributed by atoms with Crippen LogP contribution in [0, 0.1) is 0 Å². The van der Waals surface area contributed by atoms with Gasteiger partial charge in [0, 0.05) is 31.9 Å². The number of hydrogen-bond acceptors (Lipinski definition) is 3. The first kappa shape index (κ1) is 14.0. The van der Waals surface area contributed by atoms with Gasteiger partial charge in [-0.3, -0.25) is 0 Å². The van der Waals surface area contributed by atoms with Crippen LogP contribution in [0.5, 0.6) is 5.75 Å². The smallest absolute Gasteiger partial charge is 0.115 e. The van der Waals surface area contributed by atoms with Gasteiger partial charge in [-0.2, -0.15) is 0 Å². The highest BCUT2D eigenvalue weighted by atomic mass is 16.3. The minimum atomic E-state index is 0.318. The Bertz CT molecular complexity index is 574. The molecule has 1 fully saturated rings. The van der Waals surface area contributed by atoms with Crippen molar-refractivity contribution in [3.8, 4) is 5.75 Å². The molecular weight excluding hydrogens is 260 g/mol. The first-order valence-corrected chi connectivity index (χ1v) is 7.64. The van der Waals surface area contributed by atoms with Gasteiger partial charge in [-0.15, -0.1) is 0 Å². The van der Waals surface area contributed by atoms with E-state index in [9.17, 15) is 5.11 Å². The Labute approximate surface area is 126 Å². The number of phenolic OH excluding ortho intramolecular Hbond substituents is 1. The van der Waals surface area contributed by atoms with Gasteiger partial charge in [0.2, 0.25) is 0 Å². The molecule has 0 unspecified atom stereocenters. The molecule has 0 bridgehead atoms. The van der Waals surface area contributed by atoms with Crippen LogP contribution < -0.4 is 10.2 Å². The summed E-state index contributed by atoms with van der Waals surface area (Å²) in [5.74, 6) is 0.318. The van der Waals surface area contributed by atoms with Crippen LogP contribution in [0.4, 0.5) is 5.69 Å². The number of aromatic hydroxyl groups is 1. The number of hydrogen-bond donors (Lipinski definition) is 2. The normalized spacial score (nSPS) is 14.6. The minimum Gasteiger partial charge on any atom is -0.508 e. The Balaban J connectivity index is 1.61. The quantitative estimate of drug-likeness (QED) is 0.883. The lowest BCUT2D eigenvalue weighted by Gasteiger charge is -2.21. The second-order valence-corrected chi connectivity index (χ2v) is 5.59. The molecule has 2 aromatic rings. The van der Waals surface area contributed by atoms with E-state index in [1.165, 1.54) is 42.7 Å². The molecule has 21 heavy (non-hydrogen) atoms. The van der Waals surface area contributed by atoms with Crippen LogP contribution in [-0.2, 0) is 13.1 Å². The molecule has 2 aromatic carbocycles. The number of rotatable bonds is 5. The van der Waals surface area contributed by atoms with Gasteiger partial charge in [-0.1, -0.05) is 30.3 Å². The predicted octanol–water partition coefficient (Wildman–Crippen LogP) is 3.28. The Morgan fingerprint density at radius 1 is 0.905 bits per heavy atom. The van der Waals surface area contributed by atoms with Crippen LogP contribution >= 0.6 is 0 Å². The highest BCUT2D eigenvalue weighted by molar-refractivity contribution is 5.54. The van der Waals surface area contributed by atoms with Crippen molar-refractivity contribution in [2.24, 2.45) is 0 Å². The number of nitrogens with one attached hydrogen (secondary N) is 1. The lowest BCUT2D eigenvalue weighted by Crippen LogP contribution is -2.21. The largest absolute Gasteiger partial charge is 0.508 e. The van der Waals surface area contributed by atoms with Gasteiger partial charge in [0.05, 0.1) is 0 Å². The van der Waals surface area contributed by atoms with E-state index in [2.05, 4.69) is 34.5 Å². The molecule has 1 aliphatic rings. The van der Waals surface area contributed by atoms with E-state index in [4.69, 9.17) is 0 Å². The number of para-hydroxylation sites is 1. The first-order valence-electron chi connectivity index (χ1n) is 7.64. The third kappa shape index (κ3) is 3.56. The monoisotopic (exact) mass is 282 g/mol. The van der Waals surface area contributed by atoms with Gasteiger partial charge in [-0.05, 0) is 42.2 Å². The summed E-state index contributed by atoms with van der Waals surface area (Å²) in [5.41, 5.74) is 3.91. The average Bonchev–Trinajstić information content (AvgIpc) is 3.04. The standard InChI is InChI=1S/C18H22N2O/c21-17-9-7-15(8-10-17)13-19-14-16-5-1-2-6-18(16)20-11-3-4-12-20/h1-2,5-10,19,21H,3-4,11-14H2. The molecular formula is C18H22N2O. The molecule has 0 amide bonds. The zero-order valence-electron chi connectivity index (χ0n) is 12.3. The lowest BCUT2D eigenvalue weighted by atomic mass is 10.1. The zero-order chi connectivity index (χ0) is 14.5. The van der Waals surface area contributed by atoms with Crippen molar-refractivity contribution in [2.75, 3.05) is 18.0 Å². The SMILES string of the molecule is Oc1ccc(CNCc2ccccc2N2CCCC2)cc1. The first-order chi connectivity index (χ1) is 10.3. The summed E-state index contributed by atoms with van der Waals surface area (Å²) in [6.07, 6.45) is 2.60. The maximum Gasteiger partial charge on any atom is 0.115 e. The van der Waals surface area contributed by atoms with Gasteiger partial charge in [0.1, 0.15) is 5.75 Å². The molecule has 3 heteroatoms. The van der Waals surface area contributed by atoms with Crippen LogP contribution in [0.2, 0.25) is 0 Å². The minimum absolute atomic E-state index is 0.318. The molecule has 1 aliphatic heterocycles. The van der Waals surface area contributed by atoms with Crippen molar-refractivity contribution < 1.29 is 5.11 Å². The van der Waals surface area contributed by atoms with Crippen molar-refractivity contribution in [1.29, 1.82) is 0 Å². The third-order valence-electron chi connectivity index (χ3n) is 4.02. The summed E-state index contributed by atoms with van der Waals surface area (Å²) >= 11 is 0. The summed E-state index contributed by atoms with van der Waals surface area (Å²) in [6.45, 7) is 4.03. The summed E-state index contributed by atoms with van der Waals surface area (Å²) in [5, 5.41) is 12.8. The molecule has 0 radical (unpaired) electrons. The van der Waals surface area contributed by atoms with E-state index < -0.39 is 0 Å². The van der Waals surface area contributed by atoms with E-state index in [0.29, 0.717) is 5.75 Å². The van der Waals surface area contributed by atoms with Crippen LogP contribution in [0.25, 0.3) is 0 Å². The maximum absolute atomic E-state index is 9.29. The van der Waals surface area contributed by atoms with E-state index in [1.54, 1.807) is 12.1 Å². The molecule has 3 nitrogen and oxygen atoms in total. The Kier molecular flexibility index (Phi) is 4.41. The summed E-state index contributed by atoms with van der Waals surface area (Å²) < 4.78 is 0. The molecule has 2 N–H and O–H groups in total. The predicted molar refractivity (Wildman–Crippen MR) is 86.5 cm³/mol. The molecule has 0 saturated carbocycles. The van der Waals surface area contributed by atoms with Gasteiger partial charge in [0.25, 0.3) is 0 Å². The molecule has 1 heterocycles. The van der Waals surface area contributed by atoms with E-state index in [1.807, 2.05) is 12.1 Å². The lowest BCUT2D eigenvalue weighted by molar-refractivity contribution is 0.475. The van der Waals surface area contributed by atoms with Crippen LogP contribution in [-0.4, -0.2) is 18.2 Å². The maximum atomic E-state index is 9.29. The average molecular weight is 282 g/mol. The van der Waals surface area contributed by atoms with E-state index in [-0.39, 0.29) is 0 Å². The van der Waals surface area contributed by atoms with E-state index in [0.717, 1.165) is 13.1 Å². The van der Waals surface area contributed by atoms with Crippen molar-refractivity contribution in [3.63, 3.8) is 0 Å². The van der Waals surface area contributed by atoms with Gasteiger partial charge in [-0.25, -0.2) is 0 Å². The Morgan fingerprint density at radius 2 is 1.62 bits per heavy atom. The van der Waals surface area contributed by atoms with Crippen LogP contribution in [0.1, 0.15) is 24.0 Å². The molecule has 1 saturated heterocycles. The van der Waals surface area contributed by atoms with Crippen molar-refractivity contribution in [2.45, 2.75) is 25.9 Å². The fourth-order valence-electron chi connectivity index (χ4n) is 2.88. The van der Waals surface area contributed by atoms with Gasteiger partial charge in [0.15, 0.2) is 0 Å². The topological polar surface area (TPSA) is 35.5 Å². The highest BCUT2D eigenvalue weighted by Crippen LogP contribution is 2.24. The number of nitrogens with zero attached hydrogens (tertiary/aromatic N) is 1. The molecule has 0 atom stereocenters. The van der Waals surface area contributed by atoms with Gasteiger partial charge < -0.3 is 15.3 Å². The fraction of sp³-hybridized carbons (Fsp3) is 0.333. The fourth-order valence-corrected chi connectivity index (χ4v) is 2.88. The molecule has 110 valence electrons. The second kappa shape index (κ2) is 6.64. The van der Waals surface area contributed by atoms with E-state index >= 15 is 0 Å². The summed E-state index contributed by atoms with van der Waals surface area (Å²) in [4.78, 5) is 2.48. The van der Waals surface area contributed by atoms with Crippen LogP contribution in [0.15, 0.2) is 48.5 Å². The molecule has 0 spiro atoms. The Morgan fingerprint density at radius 3 is 2.38 bits per heavy atom. The zero-order valence-corrected chi connectivity index (χ0v) is 12.3. The molecule has 0 aromatic heterocycles. The number of anilines is 1. The molecule has 0 aliphatic carbocycles. The van der Waals surface area contributed by atoms with Crippen molar-refractivity contribution >= 4 is 5.69 Å². The third-order valence-corrected chi connectivity index (χ3v) is 4.02. The Hall–Kier alpha value is -2.00. The number of benzene rings is 2. The van der Waals surface area contributed by atoms with Crippen LogP contribution in [0.3, 0.4) is 0 Å². The summed E-state index contributed by atoms with van der Waals surface area (Å²) in [7, 11) is 0. The molecule has 3 rings (SSSR count). The van der Waals surface area contributed by atoms with Crippen molar-refractivity contribution in [1.82, 2.24) is 5.32 Å². The highest BCUT2D eigenvalue weighted by Gasteiger charge is 2.14. The second-order valence-electron chi connectivity index (χ2n) is 5.59. The van der Waals surface area contributed by atoms with Crippen molar-refractivity contribution in [3.05, 3.63) is 59.7 Å². The van der Waals surface area contributed by atoms with Gasteiger partial charge >= 0.3 is 0 Å².